The third kappa shape index (κ3) is 3.81. The predicted molar refractivity (Wildman–Crippen MR) is 62.5 cm³/mol. The Morgan fingerprint density at radius 2 is 0.444 bits per heavy atom. The Morgan fingerprint density at radius 3 is 0.611 bits per heavy atom. The van der Waals surface area contributed by atoms with Crippen molar-refractivity contribution in [3.63, 3.8) is 0 Å². The molecular weight excluding hydrogens is 597 g/mol. The molecule has 36 heavy (non-hydrogen) atoms. The van der Waals surface area contributed by atoms with E-state index in [1.807, 2.05) is 0 Å². The summed E-state index contributed by atoms with van der Waals surface area (Å²) in [5, 5.41) is 0. The molecule has 0 saturated carbocycles. The number of rotatable bonds is 10. The highest BCUT2D eigenvalue weighted by atomic mass is 19.4. The average Bonchev–Trinajstić information content (AvgIpc) is 2.65. The molecule has 0 atom stereocenters. The van der Waals surface area contributed by atoms with Gasteiger partial charge in [0, 0.05) is 7.11 Å². The van der Waals surface area contributed by atoms with Crippen molar-refractivity contribution in [3.05, 3.63) is 0 Å². The van der Waals surface area contributed by atoms with Gasteiger partial charge < -0.3 is 4.74 Å². The first-order valence-electron chi connectivity index (χ1n) is 7.46. The van der Waals surface area contributed by atoms with Crippen molar-refractivity contribution in [3.8, 4) is 0 Å². The van der Waals surface area contributed by atoms with Crippen LogP contribution in [0.1, 0.15) is 0 Å². The lowest BCUT2D eigenvalue weighted by atomic mass is 9.86. The van der Waals surface area contributed by atoms with Crippen LogP contribution in [-0.2, 0) is 4.74 Å². The van der Waals surface area contributed by atoms with E-state index in [9.17, 15) is 101 Å². The SMILES string of the molecule is COC(F)(F)C(F)(F)C(F)(F)C(F)(F)C(F)(F)C(F)(F)C(F)(F)C(F)(F)C(F)(F)C(F)(F)C(F)(F)F. The monoisotopic (exact) mass is 600 g/mol. The second-order valence-electron chi connectivity index (χ2n) is 6.39. The van der Waals surface area contributed by atoms with E-state index >= 15 is 0 Å². The fourth-order valence-corrected chi connectivity index (χ4v) is 1.87. The largest absolute Gasteiger partial charge is 0.460 e. The molecule has 1 nitrogen and oxygen atoms in total. The summed E-state index contributed by atoms with van der Waals surface area (Å²) in [5.41, 5.74) is 0. The first kappa shape index (κ1) is 34.4. The molecule has 218 valence electrons. The molecule has 0 rings (SSSR count). The van der Waals surface area contributed by atoms with Crippen LogP contribution >= 0.6 is 0 Å². The summed E-state index contributed by atoms with van der Waals surface area (Å²) >= 11 is 0. The fraction of sp³-hybridized carbons (Fsp3) is 1.00. The molecule has 24 heteroatoms. The first-order chi connectivity index (χ1) is 15.1. The molecule has 0 amide bonds. The molecule has 0 fully saturated rings. The topological polar surface area (TPSA) is 9.23 Å². The Morgan fingerprint density at radius 1 is 0.278 bits per heavy atom. The highest BCUT2D eigenvalue weighted by Gasteiger charge is 2.99. The number of methoxy groups -OCH3 is 1. The zero-order valence-corrected chi connectivity index (χ0v) is 15.6. The lowest BCUT2D eigenvalue weighted by molar-refractivity contribution is -0.486. The molecule has 0 aromatic carbocycles. The highest BCUT2D eigenvalue weighted by molar-refractivity contribution is 5.18. The summed E-state index contributed by atoms with van der Waals surface area (Å²) in [6.07, 6.45) is -15.2. The van der Waals surface area contributed by atoms with Gasteiger partial charge in [0.1, 0.15) is 0 Å². The maximum Gasteiger partial charge on any atom is 0.460 e. The molecule has 0 aromatic rings. The number of ether oxygens (including phenoxy) is 1. The van der Waals surface area contributed by atoms with Crippen molar-refractivity contribution in [2.75, 3.05) is 7.11 Å². The zero-order valence-electron chi connectivity index (χ0n) is 15.6. The van der Waals surface area contributed by atoms with Gasteiger partial charge in [-0.05, 0) is 0 Å². The van der Waals surface area contributed by atoms with Gasteiger partial charge in [-0.15, -0.1) is 0 Å². The number of alkyl halides is 23. The van der Waals surface area contributed by atoms with E-state index in [0.717, 1.165) is 0 Å². The second-order valence-corrected chi connectivity index (χ2v) is 6.39. The Bertz CT molecular complexity index is 802. The second kappa shape index (κ2) is 8.17. The van der Waals surface area contributed by atoms with Crippen LogP contribution in [0.15, 0.2) is 0 Å². The molecule has 0 spiro atoms. The molecule has 0 saturated heterocycles. The van der Waals surface area contributed by atoms with Crippen LogP contribution in [0.4, 0.5) is 101 Å². The minimum Gasteiger partial charge on any atom is -0.319 e. The van der Waals surface area contributed by atoms with Crippen LogP contribution in [0, 0.1) is 0 Å². The van der Waals surface area contributed by atoms with Gasteiger partial charge in [-0.2, -0.15) is 101 Å². The van der Waals surface area contributed by atoms with Gasteiger partial charge in [-0.25, -0.2) is 0 Å². The van der Waals surface area contributed by atoms with Gasteiger partial charge >= 0.3 is 65.6 Å². The van der Waals surface area contributed by atoms with Gasteiger partial charge in [-0.1, -0.05) is 0 Å². The smallest absolute Gasteiger partial charge is 0.319 e. The molecular formula is C12H3F23O. The minimum atomic E-state index is -9.39. The molecule has 0 bridgehead atoms. The van der Waals surface area contributed by atoms with E-state index in [-0.39, 0.29) is 0 Å². The van der Waals surface area contributed by atoms with Crippen molar-refractivity contribution in [2.45, 2.75) is 65.6 Å². The van der Waals surface area contributed by atoms with Crippen molar-refractivity contribution < 1.29 is 106 Å². The standard InChI is InChI=1S/C12H3F23O/c1-36-12(34,35)10(29,30)8(25,26)6(21,22)4(17,18)2(13,14)3(15,16)5(19,20)7(23,24)9(27,28)11(31,32)33/h1H3. The Balaban J connectivity index is 7.18. The fourth-order valence-electron chi connectivity index (χ4n) is 1.87. The van der Waals surface area contributed by atoms with E-state index < -0.39 is 72.7 Å². The molecule has 0 aliphatic heterocycles. The van der Waals surface area contributed by atoms with E-state index in [4.69, 9.17) is 0 Å². The molecule has 0 aliphatic carbocycles. The maximum atomic E-state index is 13.4. The van der Waals surface area contributed by atoms with Crippen LogP contribution in [-0.4, -0.2) is 72.7 Å². The summed E-state index contributed by atoms with van der Waals surface area (Å²) in [6.45, 7) is 0. The van der Waals surface area contributed by atoms with Crippen molar-refractivity contribution in [2.24, 2.45) is 0 Å². The lowest BCUT2D eigenvalue weighted by Crippen LogP contribution is -2.77. The number of halogens is 23. The molecule has 0 aliphatic rings. The Labute approximate surface area is 180 Å². The Hall–Kier alpha value is -1.65. The molecule has 0 radical (unpaired) electrons. The predicted octanol–water partition coefficient (Wildman–Crippen LogP) is 7.51. The van der Waals surface area contributed by atoms with Crippen LogP contribution < -0.4 is 0 Å². The molecule has 0 unspecified atom stereocenters. The summed E-state index contributed by atoms with van der Waals surface area (Å²) < 4.78 is 300. The molecule has 0 aromatic heterocycles. The van der Waals surface area contributed by atoms with Crippen molar-refractivity contribution >= 4 is 0 Å². The van der Waals surface area contributed by atoms with E-state index in [0.29, 0.717) is 0 Å². The third-order valence-electron chi connectivity index (χ3n) is 4.13. The summed E-state index contributed by atoms with van der Waals surface area (Å²) in [6, 6.07) is 0. The van der Waals surface area contributed by atoms with Crippen LogP contribution in [0.25, 0.3) is 0 Å². The zero-order chi connectivity index (χ0) is 30.2. The van der Waals surface area contributed by atoms with Crippen LogP contribution in [0.3, 0.4) is 0 Å². The number of hydrogen-bond donors (Lipinski definition) is 0. The molecule has 0 N–H and O–H groups in total. The normalized spacial score (nSPS) is 17.0. The summed E-state index contributed by atoms with van der Waals surface area (Å²) in [7, 11) is -0.744. The average molecular weight is 600 g/mol. The lowest BCUT2D eigenvalue weighted by Gasteiger charge is -2.44. The van der Waals surface area contributed by atoms with Crippen molar-refractivity contribution in [1.82, 2.24) is 0 Å². The van der Waals surface area contributed by atoms with Crippen LogP contribution in [0.5, 0.6) is 0 Å². The van der Waals surface area contributed by atoms with Crippen LogP contribution in [0.2, 0.25) is 0 Å². The van der Waals surface area contributed by atoms with E-state index in [1.165, 1.54) is 0 Å². The van der Waals surface area contributed by atoms with Gasteiger partial charge in [-0.3, -0.25) is 0 Å². The van der Waals surface area contributed by atoms with E-state index in [2.05, 4.69) is 4.74 Å². The van der Waals surface area contributed by atoms with Gasteiger partial charge in [0.25, 0.3) is 0 Å². The van der Waals surface area contributed by atoms with E-state index in [1.54, 1.807) is 0 Å². The minimum absolute atomic E-state index is 0.744. The first-order valence-corrected chi connectivity index (χ1v) is 7.46. The maximum absolute atomic E-state index is 13.4. The van der Waals surface area contributed by atoms with Crippen molar-refractivity contribution in [1.29, 1.82) is 0 Å². The number of hydrogen-bond acceptors (Lipinski definition) is 1. The van der Waals surface area contributed by atoms with Gasteiger partial charge in [0.15, 0.2) is 0 Å². The highest BCUT2D eigenvalue weighted by Crippen LogP contribution is 2.67. The summed E-state index contributed by atoms with van der Waals surface area (Å²) in [5.74, 6) is -80.8. The van der Waals surface area contributed by atoms with Gasteiger partial charge in [0.05, 0.1) is 0 Å². The quantitative estimate of drug-likeness (QED) is 0.236. The summed E-state index contributed by atoms with van der Waals surface area (Å²) in [4.78, 5) is 0. The molecule has 0 heterocycles. The van der Waals surface area contributed by atoms with Gasteiger partial charge in [0.2, 0.25) is 0 Å². The third-order valence-corrected chi connectivity index (χ3v) is 4.13. The Kier molecular flexibility index (Phi) is 7.80.